The first-order chi connectivity index (χ1) is 9.26. The molecule has 1 aromatic rings. The Labute approximate surface area is 119 Å². The quantitative estimate of drug-likeness (QED) is 0.917. The van der Waals surface area contributed by atoms with Gasteiger partial charge in [0.1, 0.15) is 0 Å². The van der Waals surface area contributed by atoms with Crippen LogP contribution in [0.3, 0.4) is 0 Å². The molecular weight excluding hydrogens is 260 g/mol. The van der Waals surface area contributed by atoms with Gasteiger partial charge in [0, 0.05) is 43.4 Å². The van der Waals surface area contributed by atoms with Gasteiger partial charge in [0.15, 0.2) is 0 Å². The van der Waals surface area contributed by atoms with Gasteiger partial charge in [-0.05, 0) is 36.5 Å². The Morgan fingerprint density at radius 2 is 1.89 bits per heavy atom. The van der Waals surface area contributed by atoms with Crippen LogP contribution in [-0.2, 0) is 6.61 Å². The van der Waals surface area contributed by atoms with E-state index in [0.717, 1.165) is 37.7 Å². The molecule has 2 fully saturated rings. The average Bonchev–Trinajstić information content (AvgIpc) is 3.23. The van der Waals surface area contributed by atoms with Gasteiger partial charge < -0.3 is 10.0 Å². The van der Waals surface area contributed by atoms with E-state index in [-0.39, 0.29) is 6.61 Å². The van der Waals surface area contributed by atoms with Crippen molar-refractivity contribution in [2.45, 2.75) is 19.4 Å². The summed E-state index contributed by atoms with van der Waals surface area (Å²) in [5.41, 5.74) is 1.98. The maximum absolute atomic E-state index is 9.14. The van der Waals surface area contributed by atoms with E-state index >= 15 is 0 Å². The van der Waals surface area contributed by atoms with Crippen molar-refractivity contribution in [1.29, 1.82) is 0 Å². The first-order valence-corrected chi connectivity index (χ1v) is 7.50. The summed E-state index contributed by atoms with van der Waals surface area (Å²) in [6.45, 7) is 5.74. The molecule has 0 unspecified atom stereocenters. The molecule has 1 aromatic carbocycles. The summed E-state index contributed by atoms with van der Waals surface area (Å²) in [5.74, 6) is 0.977. The van der Waals surface area contributed by atoms with Crippen molar-refractivity contribution >= 4 is 17.3 Å². The van der Waals surface area contributed by atoms with Gasteiger partial charge in [0.25, 0.3) is 0 Å². The van der Waals surface area contributed by atoms with E-state index in [0.29, 0.717) is 5.02 Å². The second-order valence-electron chi connectivity index (χ2n) is 5.66. The van der Waals surface area contributed by atoms with Crippen LogP contribution in [0.25, 0.3) is 0 Å². The zero-order chi connectivity index (χ0) is 13.2. The largest absolute Gasteiger partial charge is 0.392 e. The van der Waals surface area contributed by atoms with Crippen LogP contribution in [0.15, 0.2) is 18.2 Å². The topological polar surface area (TPSA) is 26.7 Å². The fourth-order valence-corrected chi connectivity index (χ4v) is 2.95. The Hall–Kier alpha value is -0.770. The van der Waals surface area contributed by atoms with E-state index in [1.807, 2.05) is 12.1 Å². The molecular formula is C15H21ClN2O. The van der Waals surface area contributed by atoms with E-state index in [9.17, 15) is 0 Å². The third kappa shape index (κ3) is 3.22. The summed E-state index contributed by atoms with van der Waals surface area (Å²) in [6.07, 6.45) is 2.86. The third-order valence-electron chi connectivity index (χ3n) is 4.16. The van der Waals surface area contributed by atoms with Crippen LogP contribution in [0, 0.1) is 5.92 Å². The van der Waals surface area contributed by atoms with Gasteiger partial charge in [0.2, 0.25) is 0 Å². The number of halogens is 1. The molecule has 0 amide bonds. The molecule has 2 aliphatic rings. The third-order valence-corrected chi connectivity index (χ3v) is 4.51. The van der Waals surface area contributed by atoms with Crippen LogP contribution < -0.4 is 4.90 Å². The first kappa shape index (κ1) is 13.2. The lowest BCUT2D eigenvalue weighted by Crippen LogP contribution is -2.47. The Morgan fingerprint density at radius 3 is 2.47 bits per heavy atom. The molecule has 1 saturated carbocycles. The van der Waals surface area contributed by atoms with Crippen molar-refractivity contribution in [3.05, 3.63) is 28.8 Å². The van der Waals surface area contributed by atoms with Gasteiger partial charge in [-0.3, -0.25) is 4.90 Å². The normalized spacial score (nSPS) is 20.8. The summed E-state index contributed by atoms with van der Waals surface area (Å²) < 4.78 is 0. The van der Waals surface area contributed by atoms with E-state index < -0.39 is 0 Å². The van der Waals surface area contributed by atoms with Crippen LogP contribution in [-0.4, -0.2) is 42.7 Å². The standard InChI is InChI=1S/C15H21ClN2O/c16-15-9-14(4-3-13(15)11-19)18-7-5-17(6-8-18)10-12-1-2-12/h3-4,9,12,19H,1-2,5-8,10-11H2. The highest BCUT2D eigenvalue weighted by molar-refractivity contribution is 6.31. The van der Waals surface area contributed by atoms with Crippen molar-refractivity contribution < 1.29 is 5.11 Å². The maximum Gasteiger partial charge on any atom is 0.0696 e. The van der Waals surface area contributed by atoms with Crippen LogP contribution in [0.1, 0.15) is 18.4 Å². The van der Waals surface area contributed by atoms with E-state index in [1.165, 1.54) is 25.1 Å². The first-order valence-electron chi connectivity index (χ1n) is 7.13. The molecule has 0 atom stereocenters. The fraction of sp³-hybridized carbons (Fsp3) is 0.600. The second-order valence-corrected chi connectivity index (χ2v) is 6.07. The minimum absolute atomic E-state index is 0.00821. The summed E-state index contributed by atoms with van der Waals surface area (Å²) in [5, 5.41) is 9.81. The lowest BCUT2D eigenvalue weighted by atomic mass is 10.2. The van der Waals surface area contributed by atoms with E-state index in [2.05, 4.69) is 15.9 Å². The van der Waals surface area contributed by atoms with Crippen LogP contribution in [0.4, 0.5) is 5.69 Å². The monoisotopic (exact) mass is 280 g/mol. The molecule has 3 nitrogen and oxygen atoms in total. The summed E-state index contributed by atoms with van der Waals surface area (Å²) in [6, 6.07) is 5.96. The molecule has 0 bridgehead atoms. The maximum atomic E-state index is 9.14. The fourth-order valence-electron chi connectivity index (χ4n) is 2.72. The molecule has 4 heteroatoms. The number of benzene rings is 1. The van der Waals surface area contributed by atoms with Gasteiger partial charge in [-0.25, -0.2) is 0 Å². The van der Waals surface area contributed by atoms with Crippen molar-refractivity contribution in [2.24, 2.45) is 5.92 Å². The zero-order valence-corrected chi connectivity index (χ0v) is 11.9. The second kappa shape index (κ2) is 5.70. The van der Waals surface area contributed by atoms with Crippen molar-refractivity contribution in [1.82, 2.24) is 4.90 Å². The summed E-state index contributed by atoms with van der Waals surface area (Å²) in [7, 11) is 0. The highest BCUT2D eigenvalue weighted by Crippen LogP contribution is 2.30. The SMILES string of the molecule is OCc1ccc(N2CCN(CC3CC3)CC2)cc1Cl. The average molecular weight is 281 g/mol. The molecule has 19 heavy (non-hydrogen) atoms. The predicted molar refractivity (Wildman–Crippen MR) is 78.8 cm³/mol. The predicted octanol–water partition coefficient (Wildman–Crippen LogP) is 2.36. The number of aliphatic hydroxyl groups excluding tert-OH is 1. The minimum atomic E-state index is 0.00821. The molecule has 1 saturated heterocycles. The van der Waals surface area contributed by atoms with E-state index in [1.54, 1.807) is 0 Å². The lowest BCUT2D eigenvalue weighted by Gasteiger charge is -2.36. The number of anilines is 1. The molecule has 1 aliphatic heterocycles. The highest BCUT2D eigenvalue weighted by atomic mass is 35.5. The molecule has 1 N–H and O–H groups in total. The van der Waals surface area contributed by atoms with Gasteiger partial charge in [0.05, 0.1) is 6.61 Å². The molecule has 0 spiro atoms. The number of hydrogen-bond acceptors (Lipinski definition) is 3. The van der Waals surface area contributed by atoms with Crippen LogP contribution in [0.2, 0.25) is 5.02 Å². The van der Waals surface area contributed by atoms with Crippen LogP contribution in [0.5, 0.6) is 0 Å². The minimum Gasteiger partial charge on any atom is -0.392 e. The Balaban J connectivity index is 1.59. The molecule has 0 radical (unpaired) electrons. The van der Waals surface area contributed by atoms with Crippen molar-refractivity contribution in [3.8, 4) is 0 Å². The molecule has 1 aliphatic carbocycles. The van der Waals surface area contributed by atoms with Gasteiger partial charge in [-0.2, -0.15) is 0 Å². The Kier molecular flexibility index (Phi) is 3.96. The summed E-state index contributed by atoms with van der Waals surface area (Å²) in [4.78, 5) is 4.97. The molecule has 3 rings (SSSR count). The highest BCUT2D eigenvalue weighted by Gasteiger charge is 2.26. The number of aliphatic hydroxyl groups is 1. The number of hydrogen-bond donors (Lipinski definition) is 1. The van der Waals surface area contributed by atoms with Crippen molar-refractivity contribution in [3.63, 3.8) is 0 Å². The van der Waals surface area contributed by atoms with Gasteiger partial charge >= 0.3 is 0 Å². The van der Waals surface area contributed by atoms with Gasteiger partial charge in [-0.1, -0.05) is 17.7 Å². The Morgan fingerprint density at radius 1 is 1.16 bits per heavy atom. The van der Waals surface area contributed by atoms with E-state index in [4.69, 9.17) is 16.7 Å². The Bertz CT molecular complexity index is 440. The van der Waals surface area contributed by atoms with Crippen molar-refractivity contribution in [2.75, 3.05) is 37.6 Å². The smallest absolute Gasteiger partial charge is 0.0696 e. The van der Waals surface area contributed by atoms with Crippen LogP contribution >= 0.6 is 11.6 Å². The molecule has 0 aromatic heterocycles. The number of piperazine rings is 1. The molecule has 1 heterocycles. The zero-order valence-electron chi connectivity index (χ0n) is 11.2. The lowest BCUT2D eigenvalue weighted by molar-refractivity contribution is 0.248. The molecule has 104 valence electrons. The number of nitrogens with zero attached hydrogens (tertiary/aromatic N) is 2. The van der Waals surface area contributed by atoms with Gasteiger partial charge in [-0.15, -0.1) is 0 Å². The summed E-state index contributed by atoms with van der Waals surface area (Å²) >= 11 is 6.16. The number of rotatable bonds is 4.